The topological polar surface area (TPSA) is 95.6 Å². The minimum atomic E-state index is -3.76. The zero-order valence-electron chi connectivity index (χ0n) is 21.9. The zero-order valence-corrected chi connectivity index (χ0v) is 23.5. The molecule has 5 rings (SSSR count). The van der Waals surface area contributed by atoms with Crippen LogP contribution in [0.4, 0.5) is 11.4 Å². The number of amides is 2. The maximum absolute atomic E-state index is 12.9. The van der Waals surface area contributed by atoms with E-state index in [-0.39, 0.29) is 22.1 Å². The summed E-state index contributed by atoms with van der Waals surface area (Å²) in [6, 6.07) is 30.4. The summed E-state index contributed by atoms with van der Waals surface area (Å²) in [7, 11) is -3.76. The van der Waals surface area contributed by atoms with Crippen molar-refractivity contribution in [2.24, 2.45) is 0 Å². The van der Waals surface area contributed by atoms with Gasteiger partial charge in [-0.25, -0.2) is 8.42 Å². The molecule has 0 aliphatic carbocycles. The molecule has 204 valence electrons. The fourth-order valence-corrected chi connectivity index (χ4v) is 6.70. The quantitative estimate of drug-likeness (QED) is 0.262. The number of nitrogens with one attached hydrogen (secondary N) is 2. The number of carbonyl (C=O) groups excluding carboxylic acids is 2. The lowest BCUT2D eigenvalue weighted by atomic mass is 10.1. The van der Waals surface area contributed by atoms with Crippen LogP contribution in [0.15, 0.2) is 108 Å². The van der Waals surface area contributed by atoms with E-state index >= 15 is 0 Å². The number of anilines is 2. The van der Waals surface area contributed by atoms with Crippen LogP contribution >= 0.6 is 11.8 Å². The molecule has 1 heterocycles. The Bertz CT molecular complexity index is 1590. The van der Waals surface area contributed by atoms with Crippen LogP contribution in [0.2, 0.25) is 0 Å². The predicted molar refractivity (Wildman–Crippen MR) is 160 cm³/mol. The van der Waals surface area contributed by atoms with Crippen molar-refractivity contribution in [2.75, 3.05) is 22.3 Å². The smallest absolute Gasteiger partial charge is 0.261 e. The van der Waals surface area contributed by atoms with E-state index in [2.05, 4.69) is 22.2 Å². The van der Waals surface area contributed by atoms with Crippen molar-refractivity contribution in [1.82, 2.24) is 4.90 Å². The number of hydrogen-bond acceptors (Lipinski definition) is 5. The molecule has 1 aliphatic heterocycles. The van der Waals surface area contributed by atoms with Gasteiger partial charge in [-0.3, -0.25) is 14.3 Å². The van der Waals surface area contributed by atoms with E-state index in [0.717, 1.165) is 17.5 Å². The molecule has 40 heavy (non-hydrogen) atoms. The van der Waals surface area contributed by atoms with Gasteiger partial charge in [0.1, 0.15) is 5.37 Å². The van der Waals surface area contributed by atoms with Gasteiger partial charge >= 0.3 is 0 Å². The molecule has 0 radical (unpaired) electrons. The molecule has 2 N–H and O–H groups in total. The first kappa shape index (κ1) is 27.5. The fourth-order valence-electron chi connectivity index (χ4n) is 4.42. The van der Waals surface area contributed by atoms with Crippen LogP contribution in [0.1, 0.15) is 32.4 Å². The van der Waals surface area contributed by atoms with E-state index in [4.69, 9.17) is 0 Å². The van der Waals surface area contributed by atoms with Crippen LogP contribution < -0.4 is 10.0 Å². The SMILES string of the molecule is Cc1ccc(NS(=O)(=O)c2ccc(NC(=O)c3ccc([C@H]4SCC(=O)N4CCc4ccccc4)cc3)cc2)cc1. The van der Waals surface area contributed by atoms with E-state index in [9.17, 15) is 18.0 Å². The van der Waals surface area contributed by atoms with Crippen molar-refractivity contribution in [3.05, 3.63) is 125 Å². The van der Waals surface area contributed by atoms with Crippen LogP contribution in [-0.4, -0.2) is 37.4 Å². The number of rotatable bonds is 9. The number of hydrogen-bond donors (Lipinski definition) is 2. The monoisotopic (exact) mass is 571 g/mol. The first-order valence-electron chi connectivity index (χ1n) is 12.8. The summed E-state index contributed by atoms with van der Waals surface area (Å²) in [6.07, 6.45) is 0.784. The molecule has 1 atom stereocenters. The molecule has 4 aromatic carbocycles. The Hall–Kier alpha value is -4.08. The second kappa shape index (κ2) is 12.0. The number of thioether (sulfide) groups is 1. The lowest BCUT2D eigenvalue weighted by molar-refractivity contribution is -0.128. The number of benzene rings is 4. The Morgan fingerprint density at radius 1 is 0.875 bits per heavy atom. The average molecular weight is 572 g/mol. The number of nitrogens with zero attached hydrogens (tertiary/aromatic N) is 1. The summed E-state index contributed by atoms with van der Waals surface area (Å²) >= 11 is 1.59. The molecule has 9 heteroatoms. The molecule has 2 amide bonds. The van der Waals surface area contributed by atoms with Gasteiger partial charge < -0.3 is 10.2 Å². The van der Waals surface area contributed by atoms with Crippen LogP contribution in [0.3, 0.4) is 0 Å². The van der Waals surface area contributed by atoms with E-state index < -0.39 is 10.0 Å². The van der Waals surface area contributed by atoms with Crippen LogP contribution in [0.5, 0.6) is 0 Å². The van der Waals surface area contributed by atoms with Gasteiger partial charge in [-0.2, -0.15) is 0 Å². The standard InChI is InChI=1S/C31H29N3O4S2/c1-22-7-13-27(14-8-22)33-40(37,38)28-17-15-26(16-18-28)32-30(36)24-9-11-25(12-10-24)31-34(29(35)21-39-31)20-19-23-5-3-2-4-6-23/h2-18,31,33H,19-21H2,1H3,(H,32,36)/t31-/m1/s1. The van der Waals surface area contributed by atoms with Gasteiger partial charge in [-0.1, -0.05) is 60.2 Å². The third kappa shape index (κ3) is 6.55. The Balaban J connectivity index is 1.20. The summed E-state index contributed by atoms with van der Waals surface area (Å²) < 4.78 is 28.0. The second-order valence-electron chi connectivity index (χ2n) is 9.56. The highest BCUT2D eigenvalue weighted by molar-refractivity contribution is 8.00. The molecule has 0 saturated carbocycles. The van der Waals surface area contributed by atoms with E-state index in [1.54, 1.807) is 48.2 Å². The van der Waals surface area contributed by atoms with Crippen molar-refractivity contribution in [3.63, 3.8) is 0 Å². The maximum atomic E-state index is 12.9. The summed E-state index contributed by atoms with van der Waals surface area (Å²) in [5.41, 5.74) is 4.61. The Labute approximate surface area is 238 Å². The number of carbonyl (C=O) groups is 2. The normalized spacial score (nSPS) is 15.2. The van der Waals surface area contributed by atoms with Crippen LogP contribution in [0, 0.1) is 6.92 Å². The highest BCUT2D eigenvalue weighted by Gasteiger charge is 2.32. The lowest BCUT2D eigenvalue weighted by Crippen LogP contribution is -2.30. The minimum Gasteiger partial charge on any atom is -0.326 e. The minimum absolute atomic E-state index is 0.0867. The number of sulfonamides is 1. The molecule has 1 fully saturated rings. The third-order valence-electron chi connectivity index (χ3n) is 6.64. The van der Waals surface area contributed by atoms with Crippen molar-refractivity contribution in [1.29, 1.82) is 0 Å². The van der Waals surface area contributed by atoms with Gasteiger partial charge in [-0.05, 0) is 73.0 Å². The Morgan fingerprint density at radius 2 is 1.52 bits per heavy atom. The molecule has 0 unspecified atom stereocenters. The van der Waals surface area contributed by atoms with E-state index in [1.165, 1.54) is 17.7 Å². The molecular formula is C31H29N3O4S2. The Kier molecular flexibility index (Phi) is 8.23. The van der Waals surface area contributed by atoms with Crippen molar-refractivity contribution < 1.29 is 18.0 Å². The molecule has 0 bridgehead atoms. The van der Waals surface area contributed by atoms with Gasteiger partial charge in [0.15, 0.2) is 0 Å². The second-order valence-corrected chi connectivity index (χ2v) is 12.3. The lowest BCUT2D eigenvalue weighted by Gasteiger charge is -2.24. The van der Waals surface area contributed by atoms with Crippen molar-refractivity contribution >= 4 is 45.0 Å². The first-order chi connectivity index (χ1) is 19.3. The van der Waals surface area contributed by atoms with Gasteiger partial charge in [0, 0.05) is 23.5 Å². The summed E-state index contributed by atoms with van der Waals surface area (Å²) in [4.78, 5) is 27.4. The molecule has 0 spiro atoms. The zero-order chi connectivity index (χ0) is 28.1. The van der Waals surface area contributed by atoms with Crippen molar-refractivity contribution in [2.45, 2.75) is 23.6 Å². The van der Waals surface area contributed by atoms with E-state index in [0.29, 0.717) is 29.2 Å². The maximum Gasteiger partial charge on any atom is 0.261 e. The largest absolute Gasteiger partial charge is 0.326 e. The highest BCUT2D eigenvalue weighted by Crippen LogP contribution is 2.38. The molecule has 4 aromatic rings. The molecule has 0 aromatic heterocycles. The summed E-state index contributed by atoms with van der Waals surface area (Å²) in [6.45, 7) is 2.56. The average Bonchev–Trinajstić information content (AvgIpc) is 3.34. The van der Waals surface area contributed by atoms with Gasteiger partial charge in [0.25, 0.3) is 15.9 Å². The molecule has 7 nitrogen and oxygen atoms in total. The molecule has 1 saturated heterocycles. The third-order valence-corrected chi connectivity index (χ3v) is 9.29. The van der Waals surface area contributed by atoms with Gasteiger partial charge in [-0.15, -0.1) is 11.8 Å². The fraction of sp³-hybridized carbons (Fsp3) is 0.161. The molecule has 1 aliphatic rings. The summed E-state index contributed by atoms with van der Waals surface area (Å²) in [5.74, 6) is 0.247. The number of aryl methyl sites for hydroxylation is 1. The van der Waals surface area contributed by atoms with Crippen LogP contribution in [-0.2, 0) is 21.2 Å². The highest BCUT2D eigenvalue weighted by atomic mass is 32.2. The first-order valence-corrected chi connectivity index (χ1v) is 15.4. The van der Waals surface area contributed by atoms with Crippen molar-refractivity contribution in [3.8, 4) is 0 Å². The van der Waals surface area contributed by atoms with Crippen LogP contribution in [0.25, 0.3) is 0 Å². The summed E-state index contributed by atoms with van der Waals surface area (Å²) in [5, 5.41) is 2.73. The molecular weight excluding hydrogens is 542 g/mol. The Morgan fingerprint density at radius 3 is 2.20 bits per heavy atom. The van der Waals surface area contributed by atoms with Gasteiger partial charge in [0.05, 0.1) is 10.6 Å². The van der Waals surface area contributed by atoms with E-state index in [1.807, 2.05) is 54.3 Å². The van der Waals surface area contributed by atoms with Gasteiger partial charge in [0.2, 0.25) is 5.91 Å². The predicted octanol–water partition coefficient (Wildman–Crippen LogP) is 5.86.